The lowest BCUT2D eigenvalue weighted by atomic mass is 10.2. The smallest absolute Gasteiger partial charge is 0.263 e. The van der Waals surface area contributed by atoms with Crippen LogP contribution >= 0.6 is 15.9 Å². The van der Waals surface area contributed by atoms with Gasteiger partial charge in [0, 0.05) is 10.7 Å². The van der Waals surface area contributed by atoms with Gasteiger partial charge in [-0.1, -0.05) is 18.2 Å². The maximum Gasteiger partial charge on any atom is 0.263 e. The van der Waals surface area contributed by atoms with Crippen LogP contribution in [0.1, 0.15) is 11.1 Å². The van der Waals surface area contributed by atoms with Crippen LogP contribution in [0.25, 0.3) is 0 Å². The highest BCUT2D eigenvalue weighted by Gasteiger charge is 2.17. The maximum absolute atomic E-state index is 12.3. The summed E-state index contributed by atoms with van der Waals surface area (Å²) in [5.41, 5.74) is 1.61. The maximum atomic E-state index is 12.3. The third-order valence-electron chi connectivity index (χ3n) is 2.67. The van der Waals surface area contributed by atoms with E-state index in [0.29, 0.717) is 11.4 Å². The molecule has 0 aliphatic rings. The summed E-state index contributed by atoms with van der Waals surface area (Å²) in [6, 6.07) is 8.51. The summed E-state index contributed by atoms with van der Waals surface area (Å²) >= 11 is 3.33. The van der Waals surface area contributed by atoms with Crippen LogP contribution in [0.3, 0.4) is 0 Å². The molecule has 1 N–H and O–H groups in total. The third kappa shape index (κ3) is 3.13. The number of hydrogen-bond donors (Lipinski definition) is 1. The number of rotatable bonds is 3. The predicted octanol–water partition coefficient (Wildman–Crippen LogP) is 3.26. The number of halogens is 1. The zero-order valence-corrected chi connectivity index (χ0v) is 12.9. The van der Waals surface area contributed by atoms with E-state index in [1.54, 1.807) is 43.5 Å². The van der Waals surface area contributed by atoms with Gasteiger partial charge in [-0.25, -0.2) is 13.4 Å². The molecule has 100 valence electrons. The van der Waals surface area contributed by atoms with Crippen molar-refractivity contribution in [1.82, 2.24) is 4.98 Å². The molecule has 0 unspecified atom stereocenters. The molecule has 0 aliphatic heterocycles. The minimum absolute atomic E-state index is 0.261. The van der Waals surface area contributed by atoms with Crippen molar-refractivity contribution < 1.29 is 8.42 Å². The quantitative estimate of drug-likeness (QED) is 0.932. The third-order valence-corrected chi connectivity index (χ3v) is 5.01. The van der Waals surface area contributed by atoms with Crippen LogP contribution in [-0.2, 0) is 10.0 Å². The molecule has 0 bridgehead atoms. The molecule has 0 aliphatic carbocycles. The number of nitrogens with one attached hydrogen (secondary N) is 1. The van der Waals surface area contributed by atoms with Gasteiger partial charge < -0.3 is 0 Å². The van der Waals surface area contributed by atoms with E-state index in [0.717, 1.165) is 10.0 Å². The molecule has 0 saturated carbocycles. The van der Waals surface area contributed by atoms with Crippen molar-refractivity contribution in [1.29, 1.82) is 0 Å². The summed E-state index contributed by atoms with van der Waals surface area (Å²) in [6.45, 7) is 3.63. The number of sulfonamides is 1. The highest BCUT2D eigenvalue weighted by Crippen LogP contribution is 2.21. The Morgan fingerprint density at radius 2 is 1.84 bits per heavy atom. The van der Waals surface area contributed by atoms with Crippen molar-refractivity contribution in [2.75, 3.05) is 4.72 Å². The van der Waals surface area contributed by atoms with E-state index in [9.17, 15) is 8.42 Å². The second kappa shape index (κ2) is 5.30. The lowest BCUT2D eigenvalue weighted by molar-refractivity contribution is 0.600. The van der Waals surface area contributed by atoms with Crippen molar-refractivity contribution in [3.63, 3.8) is 0 Å². The second-order valence-electron chi connectivity index (χ2n) is 4.19. The van der Waals surface area contributed by atoms with Crippen LogP contribution in [0.4, 0.5) is 5.82 Å². The number of benzene rings is 1. The van der Waals surface area contributed by atoms with Gasteiger partial charge in [0.25, 0.3) is 10.0 Å². The number of aryl methyl sites for hydroxylation is 2. The molecule has 0 amide bonds. The molecule has 0 saturated heterocycles. The molecule has 19 heavy (non-hydrogen) atoms. The molecule has 0 radical (unpaired) electrons. The number of pyridine rings is 1. The van der Waals surface area contributed by atoms with Crippen LogP contribution in [0.2, 0.25) is 0 Å². The fourth-order valence-corrected chi connectivity index (χ4v) is 3.11. The molecule has 1 aromatic heterocycles. The van der Waals surface area contributed by atoms with Gasteiger partial charge in [-0.3, -0.25) is 4.72 Å². The van der Waals surface area contributed by atoms with Gasteiger partial charge in [0.2, 0.25) is 0 Å². The highest BCUT2D eigenvalue weighted by atomic mass is 79.9. The van der Waals surface area contributed by atoms with E-state index < -0.39 is 10.0 Å². The summed E-state index contributed by atoms with van der Waals surface area (Å²) in [4.78, 5) is 4.30. The molecule has 0 spiro atoms. The highest BCUT2D eigenvalue weighted by molar-refractivity contribution is 9.10. The van der Waals surface area contributed by atoms with Gasteiger partial charge >= 0.3 is 0 Å². The predicted molar refractivity (Wildman–Crippen MR) is 78.7 cm³/mol. The lowest BCUT2D eigenvalue weighted by Gasteiger charge is -2.10. The minimum atomic E-state index is -3.60. The van der Waals surface area contributed by atoms with Crippen molar-refractivity contribution in [2.45, 2.75) is 18.7 Å². The molecule has 4 nitrogen and oxygen atoms in total. The first-order chi connectivity index (χ1) is 8.90. The standard InChI is InChI=1S/C13H13BrN2O2S/c1-9-5-3-4-6-12(9)19(17,18)16-13-7-10(2)11(14)8-15-13/h3-8H,1-2H3,(H,15,16). The Morgan fingerprint density at radius 1 is 1.16 bits per heavy atom. The molecule has 0 atom stereocenters. The summed E-state index contributed by atoms with van der Waals surface area (Å²) in [5.74, 6) is 0.309. The zero-order valence-electron chi connectivity index (χ0n) is 10.5. The summed E-state index contributed by atoms with van der Waals surface area (Å²) in [6.07, 6.45) is 1.57. The lowest BCUT2D eigenvalue weighted by Crippen LogP contribution is -2.15. The van der Waals surface area contributed by atoms with Crippen LogP contribution in [0.5, 0.6) is 0 Å². The Hall–Kier alpha value is -1.40. The average Bonchev–Trinajstić information content (AvgIpc) is 2.34. The number of hydrogen-bond acceptors (Lipinski definition) is 3. The fourth-order valence-electron chi connectivity index (χ4n) is 1.65. The van der Waals surface area contributed by atoms with Gasteiger partial charge in [0.05, 0.1) is 4.90 Å². The molecular formula is C13H13BrN2O2S. The normalized spacial score (nSPS) is 11.3. The van der Waals surface area contributed by atoms with E-state index >= 15 is 0 Å². The molecule has 0 fully saturated rings. The Bertz CT molecular complexity index is 714. The first kappa shape index (κ1) is 14.0. The molecule has 2 aromatic rings. The van der Waals surface area contributed by atoms with Gasteiger partial charge in [0.15, 0.2) is 0 Å². The van der Waals surface area contributed by atoms with Crippen molar-refractivity contribution in [3.05, 3.63) is 52.1 Å². The molecule has 6 heteroatoms. The largest absolute Gasteiger partial charge is 0.263 e. The number of anilines is 1. The molecule has 2 rings (SSSR count). The van der Waals surface area contributed by atoms with Crippen LogP contribution in [-0.4, -0.2) is 13.4 Å². The van der Waals surface area contributed by atoms with Gasteiger partial charge in [-0.15, -0.1) is 0 Å². The zero-order chi connectivity index (χ0) is 14.0. The topological polar surface area (TPSA) is 59.1 Å². The van der Waals surface area contributed by atoms with E-state index in [1.165, 1.54) is 0 Å². The Balaban J connectivity index is 2.37. The SMILES string of the molecule is Cc1cc(NS(=O)(=O)c2ccccc2C)ncc1Br. The minimum Gasteiger partial charge on any atom is -0.263 e. The first-order valence-corrected chi connectivity index (χ1v) is 7.88. The summed E-state index contributed by atoms with van der Waals surface area (Å²) in [5, 5.41) is 0. The molecule has 1 aromatic carbocycles. The van der Waals surface area contributed by atoms with Gasteiger partial charge in [-0.05, 0) is 53.0 Å². The number of aromatic nitrogens is 1. The Morgan fingerprint density at radius 3 is 2.47 bits per heavy atom. The summed E-state index contributed by atoms with van der Waals surface area (Å²) in [7, 11) is -3.60. The van der Waals surface area contributed by atoms with Crippen molar-refractivity contribution >= 4 is 31.8 Å². The molecular weight excluding hydrogens is 328 g/mol. The Kier molecular flexibility index (Phi) is 3.91. The van der Waals surface area contributed by atoms with E-state index in [-0.39, 0.29) is 4.90 Å². The Labute approximate surface area is 121 Å². The van der Waals surface area contributed by atoms with Crippen LogP contribution in [0.15, 0.2) is 45.9 Å². The van der Waals surface area contributed by atoms with Crippen LogP contribution in [0, 0.1) is 13.8 Å². The van der Waals surface area contributed by atoms with Gasteiger partial charge in [-0.2, -0.15) is 0 Å². The monoisotopic (exact) mass is 340 g/mol. The number of nitrogens with zero attached hydrogens (tertiary/aromatic N) is 1. The fraction of sp³-hybridized carbons (Fsp3) is 0.154. The summed E-state index contributed by atoms with van der Waals surface area (Å²) < 4.78 is 27.8. The van der Waals surface area contributed by atoms with Crippen molar-refractivity contribution in [3.8, 4) is 0 Å². The van der Waals surface area contributed by atoms with E-state index in [4.69, 9.17) is 0 Å². The van der Waals surface area contributed by atoms with Crippen LogP contribution < -0.4 is 4.72 Å². The first-order valence-electron chi connectivity index (χ1n) is 5.61. The van der Waals surface area contributed by atoms with Crippen molar-refractivity contribution in [2.24, 2.45) is 0 Å². The van der Waals surface area contributed by atoms with E-state index in [1.807, 2.05) is 6.92 Å². The average molecular weight is 341 g/mol. The van der Waals surface area contributed by atoms with Gasteiger partial charge in [0.1, 0.15) is 5.82 Å². The molecule has 1 heterocycles. The second-order valence-corrected chi connectivity index (χ2v) is 6.69. The van der Waals surface area contributed by atoms with E-state index in [2.05, 4.69) is 25.6 Å².